The Labute approximate surface area is 92.3 Å². The van der Waals surface area contributed by atoms with Crippen LogP contribution >= 0.6 is 11.6 Å². The van der Waals surface area contributed by atoms with Gasteiger partial charge in [0, 0.05) is 5.88 Å². The average Bonchev–Trinajstić information content (AvgIpc) is 2.19. The van der Waals surface area contributed by atoms with Crippen LogP contribution in [0.3, 0.4) is 0 Å². The zero-order valence-electron chi connectivity index (χ0n) is 9.09. The highest BCUT2D eigenvalue weighted by atomic mass is 35.5. The molecular weight excluding hydrogens is 192 g/mol. The number of hydrogen-bond acceptors (Lipinski definition) is 0. The van der Waals surface area contributed by atoms with E-state index >= 15 is 0 Å². The molecule has 0 aromatic heterocycles. The highest BCUT2D eigenvalue weighted by Crippen LogP contribution is 2.28. The number of benzene rings is 1. The van der Waals surface area contributed by atoms with Gasteiger partial charge in [-0.25, -0.2) is 0 Å². The lowest BCUT2D eigenvalue weighted by atomic mass is 9.80. The Bertz CT molecular complexity index is 251. The van der Waals surface area contributed by atoms with Gasteiger partial charge in [0.2, 0.25) is 0 Å². The molecule has 1 rings (SSSR count). The van der Waals surface area contributed by atoms with Crippen LogP contribution in [0.2, 0.25) is 0 Å². The Morgan fingerprint density at radius 1 is 1.07 bits per heavy atom. The van der Waals surface area contributed by atoms with Crippen LogP contribution in [0.15, 0.2) is 30.3 Å². The second-order valence-electron chi connectivity index (χ2n) is 4.40. The summed E-state index contributed by atoms with van der Waals surface area (Å²) in [4.78, 5) is 0. The molecule has 14 heavy (non-hydrogen) atoms. The van der Waals surface area contributed by atoms with Crippen molar-refractivity contribution >= 4 is 11.6 Å². The predicted molar refractivity (Wildman–Crippen MR) is 64.0 cm³/mol. The summed E-state index contributed by atoms with van der Waals surface area (Å²) >= 11 is 5.68. The molecule has 0 atom stereocenters. The van der Waals surface area contributed by atoms with Gasteiger partial charge in [0.1, 0.15) is 0 Å². The van der Waals surface area contributed by atoms with Crippen LogP contribution in [-0.2, 0) is 5.41 Å². The highest BCUT2D eigenvalue weighted by molar-refractivity contribution is 6.17. The van der Waals surface area contributed by atoms with Crippen molar-refractivity contribution < 1.29 is 0 Å². The van der Waals surface area contributed by atoms with E-state index in [1.54, 1.807) is 0 Å². The minimum atomic E-state index is 0.285. The Hall–Kier alpha value is -0.490. The maximum atomic E-state index is 5.68. The molecular formula is C13H19Cl. The predicted octanol–water partition coefficient (Wildman–Crippen LogP) is 4.37. The molecule has 0 saturated carbocycles. The number of alkyl halides is 1. The summed E-state index contributed by atoms with van der Waals surface area (Å²) in [5.41, 5.74) is 1.71. The quantitative estimate of drug-likeness (QED) is 0.500. The lowest BCUT2D eigenvalue weighted by molar-refractivity contribution is 0.458. The fraction of sp³-hybridized carbons (Fsp3) is 0.538. The average molecular weight is 211 g/mol. The van der Waals surface area contributed by atoms with Crippen molar-refractivity contribution in [3.63, 3.8) is 0 Å². The van der Waals surface area contributed by atoms with Crippen molar-refractivity contribution in [2.24, 2.45) is 0 Å². The normalized spacial score (nSPS) is 11.6. The molecule has 0 heterocycles. The van der Waals surface area contributed by atoms with E-state index in [2.05, 4.69) is 44.2 Å². The van der Waals surface area contributed by atoms with Gasteiger partial charge in [0.05, 0.1) is 0 Å². The van der Waals surface area contributed by atoms with Gasteiger partial charge in [0.25, 0.3) is 0 Å². The molecule has 0 radical (unpaired) electrons. The maximum absolute atomic E-state index is 5.68. The van der Waals surface area contributed by atoms with E-state index in [1.807, 2.05) is 0 Å². The minimum Gasteiger partial charge on any atom is -0.127 e. The van der Waals surface area contributed by atoms with E-state index in [0.717, 1.165) is 12.3 Å². The smallest absolute Gasteiger partial charge is 0.0223 e. The van der Waals surface area contributed by atoms with Crippen LogP contribution < -0.4 is 0 Å². The van der Waals surface area contributed by atoms with Gasteiger partial charge in [0.15, 0.2) is 0 Å². The van der Waals surface area contributed by atoms with Crippen molar-refractivity contribution in [3.8, 4) is 0 Å². The van der Waals surface area contributed by atoms with Crippen molar-refractivity contribution in [3.05, 3.63) is 35.9 Å². The van der Waals surface area contributed by atoms with Gasteiger partial charge < -0.3 is 0 Å². The Morgan fingerprint density at radius 3 is 2.29 bits per heavy atom. The SMILES string of the molecule is CC(C)(CCCCCl)c1ccccc1. The van der Waals surface area contributed by atoms with Crippen LogP contribution in [0.5, 0.6) is 0 Å². The molecule has 0 fully saturated rings. The molecule has 0 aliphatic carbocycles. The zero-order chi connectivity index (χ0) is 10.4. The van der Waals surface area contributed by atoms with Crippen LogP contribution in [0.1, 0.15) is 38.7 Å². The monoisotopic (exact) mass is 210 g/mol. The van der Waals surface area contributed by atoms with Gasteiger partial charge in [-0.3, -0.25) is 0 Å². The molecule has 1 heteroatoms. The first kappa shape index (κ1) is 11.6. The van der Waals surface area contributed by atoms with Gasteiger partial charge in [-0.2, -0.15) is 0 Å². The molecule has 0 unspecified atom stereocenters. The van der Waals surface area contributed by atoms with E-state index in [-0.39, 0.29) is 5.41 Å². The number of unbranched alkanes of at least 4 members (excludes halogenated alkanes) is 1. The van der Waals surface area contributed by atoms with Crippen molar-refractivity contribution in [2.45, 2.75) is 38.5 Å². The molecule has 0 amide bonds. The first-order valence-corrected chi connectivity index (χ1v) is 5.82. The molecule has 0 bridgehead atoms. The molecule has 0 N–H and O–H groups in total. The van der Waals surface area contributed by atoms with Gasteiger partial charge in [-0.05, 0) is 23.8 Å². The molecule has 0 nitrogen and oxygen atoms in total. The second-order valence-corrected chi connectivity index (χ2v) is 4.77. The third kappa shape index (κ3) is 3.34. The van der Waals surface area contributed by atoms with Crippen LogP contribution in [0.4, 0.5) is 0 Å². The molecule has 1 aromatic rings. The molecule has 0 saturated heterocycles. The largest absolute Gasteiger partial charge is 0.127 e. The van der Waals surface area contributed by atoms with Crippen molar-refractivity contribution in [2.75, 3.05) is 5.88 Å². The summed E-state index contributed by atoms with van der Waals surface area (Å²) in [7, 11) is 0. The summed E-state index contributed by atoms with van der Waals surface area (Å²) in [6.07, 6.45) is 3.55. The van der Waals surface area contributed by atoms with E-state index in [1.165, 1.54) is 18.4 Å². The lowest BCUT2D eigenvalue weighted by Crippen LogP contribution is -2.16. The van der Waals surface area contributed by atoms with E-state index in [9.17, 15) is 0 Å². The minimum absolute atomic E-state index is 0.285. The summed E-state index contributed by atoms with van der Waals surface area (Å²) in [6.45, 7) is 4.60. The summed E-state index contributed by atoms with van der Waals surface area (Å²) in [6, 6.07) is 10.7. The van der Waals surface area contributed by atoms with E-state index < -0.39 is 0 Å². The Kier molecular flexibility index (Phi) is 4.47. The zero-order valence-corrected chi connectivity index (χ0v) is 9.85. The van der Waals surface area contributed by atoms with Crippen LogP contribution in [0, 0.1) is 0 Å². The summed E-state index contributed by atoms with van der Waals surface area (Å²) < 4.78 is 0. The van der Waals surface area contributed by atoms with Gasteiger partial charge in [-0.1, -0.05) is 50.6 Å². The second kappa shape index (κ2) is 5.41. The van der Waals surface area contributed by atoms with Gasteiger partial charge in [-0.15, -0.1) is 11.6 Å². The fourth-order valence-electron chi connectivity index (χ4n) is 1.70. The molecule has 0 aliphatic heterocycles. The van der Waals surface area contributed by atoms with Gasteiger partial charge >= 0.3 is 0 Å². The highest BCUT2D eigenvalue weighted by Gasteiger charge is 2.18. The number of rotatable bonds is 5. The van der Waals surface area contributed by atoms with Crippen LogP contribution in [-0.4, -0.2) is 5.88 Å². The summed E-state index contributed by atoms with van der Waals surface area (Å²) in [5.74, 6) is 0.783. The third-order valence-corrected chi connectivity index (χ3v) is 3.01. The number of hydrogen-bond donors (Lipinski definition) is 0. The molecule has 1 aromatic carbocycles. The fourth-order valence-corrected chi connectivity index (χ4v) is 1.88. The molecule has 0 spiro atoms. The molecule has 78 valence electrons. The molecule has 0 aliphatic rings. The van der Waals surface area contributed by atoms with E-state index in [0.29, 0.717) is 0 Å². The topological polar surface area (TPSA) is 0 Å². The lowest BCUT2D eigenvalue weighted by Gasteiger charge is -2.25. The first-order chi connectivity index (χ1) is 6.67. The summed E-state index contributed by atoms with van der Waals surface area (Å²) in [5, 5.41) is 0. The van der Waals surface area contributed by atoms with Crippen molar-refractivity contribution in [1.82, 2.24) is 0 Å². The standard InChI is InChI=1S/C13H19Cl/c1-13(2,10-6-7-11-14)12-8-4-3-5-9-12/h3-5,8-9H,6-7,10-11H2,1-2H3. The van der Waals surface area contributed by atoms with Crippen molar-refractivity contribution in [1.29, 1.82) is 0 Å². The first-order valence-electron chi connectivity index (χ1n) is 5.28. The Morgan fingerprint density at radius 2 is 1.71 bits per heavy atom. The maximum Gasteiger partial charge on any atom is 0.0223 e. The third-order valence-electron chi connectivity index (χ3n) is 2.74. The number of halogens is 1. The van der Waals surface area contributed by atoms with Crippen LogP contribution in [0.25, 0.3) is 0 Å². The Balaban J connectivity index is 2.56. The van der Waals surface area contributed by atoms with E-state index in [4.69, 9.17) is 11.6 Å².